The van der Waals surface area contributed by atoms with Crippen LogP contribution in [0.25, 0.3) is 0 Å². The Kier molecular flexibility index (Phi) is 3.94. The van der Waals surface area contributed by atoms with Crippen molar-refractivity contribution in [3.05, 3.63) is 42.3 Å². The van der Waals surface area contributed by atoms with E-state index in [0.29, 0.717) is 5.92 Å². The number of quaternary nitrogens is 1. The average Bonchev–Trinajstić information content (AvgIpc) is 2.32. The van der Waals surface area contributed by atoms with E-state index in [1.54, 1.807) is 0 Å². The number of anilines is 1. The van der Waals surface area contributed by atoms with Crippen LogP contribution in [0.2, 0.25) is 0 Å². The Labute approximate surface area is 103 Å². The summed E-state index contributed by atoms with van der Waals surface area (Å²) in [5.74, 6) is 1.66. The number of aromatic nitrogens is 1. The summed E-state index contributed by atoms with van der Waals surface area (Å²) in [5.41, 5.74) is 2.43. The van der Waals surface area contributed by atoms with Crippen molar-refractivity contribution in [2.45, 2.75) is 20.3 Å². The molecule has 1 atom stereocenters. The van der Waals surface area contributed by atoms with Gasteiger partial charge in [-0.1, -0.05) is 19.1 Å². The summed E-state index contributed by atoms with van der Waals surface area (Å²) in [6, 6.07) is 4.13. The van der Waals surface area contributed by atoms with Crippen LogP contribution in [0.15, 0.2) is 42.3 Å². The molecule has 1 aromatic heterocycles. The van der Waals surface area contributed by atoms with Gasteiger partial charge in [0.05, 0.1) is 11.9 Å². The van der Waals surface area contributed by atoms with Gasteiger partial charge in [-0.25, -0.2) is 4.98 Å². The zero-order valence-corrected chi connectivity index (χ0v) is 10.5. The van der Waals surface area contributed by atoms with Crippen LogP contribution in [0, 0.1) is 5.92 Å². The van der Waals surface area contributed by atoms with Crippen molar-refractivity contribution in [1.29, 1.82) is 0 Å². The Morgan fingerprint density at radius 1 is 1.47 bits per heavy atom. The quantitative estimate of drug-likeness (QED) is 0.832. The third-order valence-corrected chi connectivity index (χ3v) is 2.81. The van der Waals surface area contributed by atoms with Gasteiger partial charge in [0.2, 0.25) is 5.82 Å². The Morgan fingerprint density at radius 2 is 2.35 bits per heavy atom. The minimum atomic E-state index is 0.632. The highest BCUT2D eigenvalue weighted by Crippen LogP contribution is 2.14. The average molecular weight is 230 g/mol. The zero-order chi connectivity index (χ0) is 12.1. The number of hydrogen-bond donors (Lipinski definition) is 2. The van der Waals surface area contributed by atoms with E-state index in [2.05, 4.69) is 59.8 Å². The molecule has 3 heteroatoms. The molecule has 17 heavy (non-hydrogen) atoms. The van der Waals surface area contributed by atoms with Crippen molar-refractivity contribution in [1.82, 2.24) is 4.98 Å². The minimum absolute atomic E-state index is 0.632. The highest BCUT2D eigenvalue weighted by atomic mass is 15.0. The molecule has 1 aromatic rings. The predicted molar refractivity (Wildman–Crippen MR) is 71.0 cm³/mol. The molecule has 0 saturated carbocycles. The summed E-state index contributed by atoms with van der Waals surface area (Å²) in [7, 11) is 0. The van der Waals surface area contributed by atoms with E-state index in [-0.39, 0.29) is 0 Å². The largest absolute Gasteiger partial charge is 0.384 e. The first kappa shape index (κ1) is 11.9. The third kappa shape index (κ3) is 3.43. The number of allylic oxidation sites excluding steroid dienone is 4. The summed E-state index contributed by atoms with van der Waals surface area (Å²) >= 11 is 0. The molecule has 1 aliphatic rings. The fraction of sp³-hybridized carbons (Fsp3) is 0.357. The van der Waals surface area contributed by atoms with Crippen molar-refractivity contribution < 1.29 is 5.32 Å². The van der Waals surface area contributed by atoms with Gasteiger partial charge in [-0.3, -0.25) is 5.32 Å². The first-order chi connectivity index (χ1) is 8.28. The van der Waals surface area contributed by atoms with Gasteiger partial charge in [-0.15, -0.1) is 0 Å². The lowest BCUT2D eigenvalue weighted by Gasteiger charge is -2.11. The molecular formula is C14H20N3+. The van der Waals surface area contributed by atoms with Gasteiger partial charge >= 0.3 is 0 Å². The first-order valence-corrected chi connectivity index (χ1v) is 6.20. The first-order valence-electron chi connectivity index (χ1n) is 6.20. The third-order valence-electron chi connectivity index (χ3n) is 2.81. The predicted octanol–water partition coefficient (Wildman–Crippen LogP) is 2.19. The molecular weight excluding hydrogens is 210 g/mol. The van der Waals surface area contributed by atoms with Crippen LogP contribution in [-0.2, 0) is 0 Å². The van der Waals surface area contributed by atoms with Crippen LogP contribution in [0.5, 0.6) is 0 Å². The van der Waals surface area contributed by atoms with E-state index in [0.717, 1.165) is 24.5 Å². The summed E-state index contributed by atoms with van der Waals surface area (Å²) in [4.78, 5) is 4.43. The molecule has 0 fully saturated rings. The second-order valence-corrected chi connectivity index (χ2v) is 4.45. The fourth-order valence-electron chi connectivity index (χ4n) is 1.97. The highest BCUT2D eigenvalue weighted by molar-refractivity contribution is 5.43. The molecule has 90 valence electrons. The second-order valence-electron chi connectivity index (χ2n) is 4.45. The summed E-state index contributed by atoms with van der Waals surface area (Å²) in [6.07, 6.45) is 9.52. The van der Waals surface area contributed by atoms with Crippen LogP contribution >= 0.6 is 0 Å². The maximum atomic E-state index is 4.43. The monoisotopic (exact) mass is 230 g/mol. The van der Waals surface area contributed by atoms with Crippen LogP contribution in [0.4, 0.5) is 11.5 Å². The molecule has 0 bridgehead atoms. The van der Waals surface area contributed by atoms with Crippen LogP contribution in [-0.4, -0.2) is 11.5 Å². The van der Waals surface area contributed by atoms with E-state index in [1.165, 1.54) is 5.70 Å². The minimum Gasteiger partial charge on any atom is -0.384 e. The molecule has 0 radical (unpaired) electrons. The van der Waals surface area contributed by atoms with Crippen LogP contribution in [0.1, 0.15) is 20.3 Å². The van der Waals surface area contributed by atoms with Gasteiger partial charge in [-0.05, 0) is 25.0 Å². The van der Waals surface area contributed by atoms with Crippen LogP contribution in [0.3, 0.4) is 0 Å². The van der Waals surface area contributed by atoms with Crippen molar-refractivity contribution >= 4 is 11.5 Å². The molecule has 3 nitrogen and oxygen atoms in total. The molecule has 0 spiro atoms. The maximum Gasteiger partial charge on any atom is 0.229 e. The Balaban J connectivity index is 1.99. The molecule has 0 aliphatic heterocycles. The van der Waals surface area contributed by atoms with Crippen molar-refractivity contribution in [3.8, 4) is 0 Å². The van der Waals surface area contributed by atoms with E-state index >= 15 is 0 Å². The smallest absolute Gasteiger partial charge is 0.229 e. The van der Waals surface area contributed by atoms with Crippen molar-refractivity contribution in [2.75, 3.05) is 11.9 Å². The number of rotatable bonds is 4. The summed E-state index contributed by atoms with van der Waals surface area (Å²) in [5, 5.41) is 5.41. The van der Waals surface area contributed by atoms with E-state index < -0.39 is 0 Å². The lowest BCUT2D eigenvalue weighted by molar-refractivity contribution is -0.525. The Hall–Kier alpha value is -1.61. The Morgan fingerprint density at radius 3 is 3.00 bits per heavy atom. The Bertz CT molecular complexity index is 418. The van der Waals surface area contributed by atoms with Gasteiger partial charge < -0.3 is 5.32 Å². The van der Waals surface area contributed by atoms with Gasteiger partial charge in [0, 0.05) is 19.0 Å². The molecule has 0 amide bonds. The lowest BCUT2D eigenvalue weighted by atomic mass is 10.0. The van der Waals surface area contributed by atoms with Gasteiger partial charge in [0.1, 0.15) is 5.70 Å². The van der Waals surface area contributed by atoms with E-state index in [1.807, 2.05) is 6.20 Å². The second kappa shape index (κ2) is 5.64. The summed E-state index contributed by atoms with van der Waals surface area (Å²) in [6.45, 7) is 5.25. The number of pyridine rings is 1. The SMILES string of the molecule is CCNc1ccc([NH2+]C2=CC=CC(C)C2)nc1. The number of nitrogens with two attached hydrogens (primary N) is 1. The molecule has 0 saturated heterocycles. The van der Waals surface area contributed by atoms with Gasteiger partial charge in [0.25, 0.3) is 0 Å². The summed E-state index contributed by atoms with van der Waals surface area (Å²) < 4.78 is 0. The maximum absolute atomic E-state index is 4.43. The topological polar surface area (TPSA) is 41.5 Å². The standard InChI is InChI=1S/C14H19N3/c1-3-15-13-7-8-14(16-10-13)17-12-6-4-5-11(2)9-12/h4-8,10-11,15H,3,9H2,1-2H3,(H,16,17)/p+1. The number of nitrogens with zero attached hydrogens (tertiary/aromatic N) is 1. The highest BCUT2D eigenvalue weighted by Gasteiger charge is 2.11. The fourth-order valence-corrected chi connectivity index (χ4v) is 1.97. The lowest BCUT2D eigenvalue weighted by Crippen LogP contribution is -2.76. The zero-order valence-electron chi connectivity index (χ0n) is 10.5. The normalized spacial score (nSPS) is 18.9. The molecule has 1 heterocycles. The van der Waals surface area contributed by atoms with Crippen molar-refractivity contribution in [3.63, 3.8) is 0 Å². The molecule has 1 aliphatic carbocycles. The van der Waals surface area contributed by atoms with Crippen LogP contribution < -0.4 is 10.6 Å². The van der Waals surface area contributed by atoms with Gasteiger partial charge in [0.15, 0.2) is 0 Å². The number of nitrogens with one attached hydrogen (secondary N) is 1. The molecule has 0 aromatic carbocycles. The number of hydrogen-bond acceptors (Lipinski definition) is 2. The van der Waals surface area contributed by atoms with Crippen molar-refractivity contribution in [2.24, 2.45) is 5.92 Å². The molecule has 2 rings (SSSR count). The van der Waals surface area contributed by atoms with E-state index in [9.17, 15) is 0 Å². The molecule has 3 N–H and O–H groups in total. The molecule has 1 unspecified atom stereocenters. The van der Waals surface area contributed by atoms with E-state index in [4.69, 9.17) is 0 Å². The van der Waals surface area contributed by atoms with Gasteiger partial charge in [-0.2, -0.15) is 0 Å².